The Labute approximate surface area is 127 Å². The Balaban J connectivity index is 1.72. The van der Waals surface area contributed by atoms with Gasteiger partial charge in [-0.3, -0.25) is 4.79 Å². The molecule has 104 valence electrons. The summed E-state index contributed by atoms with van der Waals surface area (Å²) >= 11 is 3.29. The first kappa shape index (κ1) is 14.8. The number of hydrogen-bond donors (Lipinski definition) is 1. The molecule has 0 bridgehead atoms. The van der Waals surface area contributed by atoms with Crippen molar-refractivity contribution in [3.05, 3.63) is 52.7 Å². The van der Waals surface area contributed by atoms with Gasteiger partial charge in [0.25, 0.3) is 0 Å². The van der Waals surface area contributed by atoms with Crippen molar-refractivity contribution in [3.63, 3.8) is 0 Å². The maximum absolute atomic E-state index is 11.7. The van der Waals surface area contributed by atoms with Gasteiger partial charge in [-0.25, -0.2) is 5.43 Å². The van der Waals surface area contributed by atoms with E-state index in [1.165, 1.54) is 4.90 Å². The fourth-order valence-corrected chi connectivity index (χ4v) is 3.07. The van der Waals surface area contributed by atoms with Gasteiger partial charge in [-0.2, -0.15) is 5.10 Å². The first-order chi connectivity index (χ1) is 9.75. The molecule has 1 heterocycles. The van der Waals surface area contributed by atoms with Gasteiger partial charge in [0.15, 0.2) is 0 Å². The van der Waals surface area contributed by atoms with Crippen molar-refractivity contribution in [2.24, 2.45) is 5.10 Å². The van der Waals surface area contributed by atoms with Crippen LogP contribution < -0.4 is 5.43 Å². The molecular weight excluding hydrogens is 288 g/mol. The van der Waals surface area contributed by atoms with Crippen LogP contribution in [0, 0.1) is 0 Å². The van der Waals surface area contributed by atoms with Crippen LogP contribution in [0.4, 0.5) is 0 Å². The molecule has 0 fully saturated rings. The molecule has 0 aliphatic carbocycles. The van der Waals surface area contributed by atoms with E-state index in [-0.39, 0.29) is 5.91 Å². The van der Waals surface area contributed by atoms with Gasteiger partial charge >= 0.3 is 0 Å². The van der Waals surface area contributed by atoms with Gasteiger partial charge in [-0.15, -0.1) is 23.1 Å². The first-order valence-corrected chi connectivity index (χ1v) is 8.17. The number of carbonyl (C=O) groups is 1. The highest BCUT2D eigenvalue weighted by molar-refractivity contribution is 7.99. The van der Waals surface area contributed by atoms with E-state index < -0.39 is 0 Å². The monoisotopic (exact) mass is 304 g/mol. The van der Waals surface area contributed by atoms with Crippen molar-refractivity contribution in [2.45, 2.75) is 18.2 Å². The fourth-order valence-electron chi connectivity index (χ4n) is 1.52. The minimum absolute atomic E-state index is 0.0515. The summed E-state index contributed by atoms with van der Waals surface area (Å²) in [7, 11) is 0. The molecule has 0 saturated heterocycles. The molecule has 0 aliphatic rings. The number of nitrogens with one attached hydrogen (secondary N) is 1. The first-order valence-electron chi connectivity index (χ1n) is 6.30. The fraction of sp³-hybridized carbons (Fsp3) is 0.200. The molecule has 5 heteroatoms. The van der Waals surface area contributed by atoms with Gasteiger partial charge in [0.1, 0.15) is 0 Å². The topological polar surface area (TPSA) is 41.5 Å². The zero-order chi connectivity index (χ0) is 14.2. The van der Waals surface area contributed by atoms with Gasteiger partial charge in [0, 0.05) is 21.9 Å². The molecule has 1 N–H and O–H groups in total. The third-order valence-corrected chi connectivity index (χ3v) is 4.56. The van der Waals surface area contributed by atoms with Gasteiger partial charge < -0.3 is 0 Å². The van der Waals surface area contributed by atoms with E-state index >= 15 is 0 Å². The van der Waals surface area contributed by atoms with Crippen LogP contribution in [0.5, 0.6) is 0 Å². The summed E-state index contributed by atoms with van der Waals surface area (Å²) in [6.45, 7) is 1.89. The standard InChI is InChI=1S/C15H16N2OS2/c1-12(14-8-5-10-20-14)16-17-15(18)9-11-19-13-6-3-2-4-7-13/h2-8,10H,9,11H2,1H3,(H,17,18)/b16-12-. The normalized spacial score (nSPS) is 11.3. The molecule has 0 saturated carbocycles. The Morgan fingerprint density at radius 2 is 2.05 bits per heavy atom. The molecule has 3 nitrogen and oxygen atoms in total. The molecule has 1 aromatic carbocycles. The lowest BCUT2D eigenvalue weighted by molar-refractivity contribution is -0.120. The second kappa shape index (κ2) is 7.87. The highest BCUT2D eigenvalue weighted by Crippen LogP contribution is 2.17. The minimum Gasteiger partial charge on any atom is -0.273 e. The number of rotatable bonds is 6. The summed E-state index contributed by atoms with van der Waals surface area (Å²) < 4.78 is 0. The molecule has 2 aromatic rings. The predicted molar refractivity (Wildman–Crippen MR) is 86.5 cm³/mol. The van der Waals surface area contributed by atoms with E-state index in [1.807, 2.05) is 54.8 Å². The Hall–Kier alpha value is -1.59. The van der Waals surface area contributed by atoms with Crippen molar-refractivity contribution in [1.29, 1.82) is 0 Å². The largest absolute Gasteiger partial charge is 0.273 e. The van der Waals surface area contributed by atoms with Gasteiger partial charge in [-0.1, -0.05) is 24.3 Å². The second-order valence-electron chi connectivity index (χ2n) is 4.12. The van der Waals surface area contributed by atoms with E-state index in [1.54, 1.807) is 23.1 Å². The van der Waals surface area contributed by atoms with Crippen LogP contribution in [0.2, 0.25) is 0 Å². The number of thioether (sulfide) groups is 1. The molecule has 0 atom stereocenters. The lowest BCUT2D eigenvalue weighted by Gasteiger charge is -2.02. The van der Waals surface area contributed by atoms with Gasteiger partial charge in [-0.05, 0) is 30.5 Å². The maximum Gasteiger partial charge on any atom is 0.240 e. The molecule has 0 unspecified atom stereocenters. The van der Waals surface area contributed by atoms with Gasteiger partial charge in [0.2, 0.25) is 5.91 Å². The highest BCUT2D eigenvalue weighted by Gasteiger charge is 2.02. The van der Waals surface area contributed by atoms with Crippen LogP contribution in [0.25, 0.3) is 0 Å². The van der Waals surface area contributed by atoms with Crippen molar-refractivity contribution in [2.75, 3.05) is 5.75 Å². The number of hydrazone groups is 1. The van der Waals surface area contributed by atoms with Crippen LogP contribution in [-0.2, 0) is 4.79 Å². The van der Waals surface area contributed by atoms with E-state index in [0.717, 1.165) is 16.3 Å². The maximum atomic E-state index is 11.7. The quantitative estimate of drug-likeness (QED) is 0.501. The average molecular weight is 304 g/mol. The number of carbonyl (C=O) groups excluding carboxylic acids is 1. The molecule has 0 aliphatic heterocycles. The van der Waals surface area contributed by atoms with Crippen LogP contribution >= 0.6 is 23.1 Å². The van der Waals surface area contributed by atoms with Crippen LogP contribution in [0.15, 0.2) is 57.8 Å². The zero-order valence-electron chi connectivity index (χ0n) is 11.2. The van der Waals surface area contributed by atoms with Crippen molar-refractivity contribution in [1.82, 2.24) is 5.43 Å². The summed E-state index contributed by atoms with van der Waals surface area (Å²) in [5.74, 6) is 0.702. The SMILES string of the molecule is C/C(=N/NC(=O)CCSc1ccccc1)c1cccs1. The molecule has 0 radical (unpaired) electrons. The van der Waals surface area contributed by atoms with Crippen LogP contribution in [0.3, 0.4) is 0 Å². The Bertz CT molecular complexity index is 565. The zero-order valence-corrected chi connectivity index (χ0v) is 12.8. The van der Waals surface area contributed by atoms with Crippen molar-refractivity contribution in [3.8, 4) is 0 Å². The Morgan fingerprint density at radius 1 is 1.25 bits per heavy atom. The molecular formula is C15H16N2OS2. The number of nitrogens with zero attached hydrogens (tertiary/aromatic N) is 1. The number of amides is 1. The van der Waals surface area contributed by atoms with Crippen molar-refractivity contribution < 1.29 is 4.79 Å². The molecule has 0 spiro atoms. The smallest absolute Gasteiger partial charge is 0.240 e. The summed E-state index contributed by atoms with van der Waals surface area (Å²) in [6.07, 6.45) is 0.459. The lowest BCUT2D eigenvalue weighted by atomic mass is 10.3. The Kier molecular flexibility index (Phi) is 5.83. The molecule has 20 heavy (non-hydrogen) atoms. The minimum atomic E-state index is -0.0515. The van der Waals surface area contributed by atoms with E-state index in [2.05, 4.69) is 10.5 Å². The van der Waals surface area contributed by atoms with Gasteiger partial charge in [0.05, 0.1) is 5.71 Å². The van der Waals surface area contributed by atoms with E-state index in [0.29, 0.717) is 6.42 Å². The highest BCUT2D eigenvalue weighted by atomic mass is 32.2. The van der Waals surface area contributed by atoms with E-state index in [4.69, 9.17) is 0 Å². The van der Waals surface area contributed by atoms with Crippen LogP contribution in [0.1, 0.15) is 18.2 Å². The van der Waals surface area contributed by atoms with E-state index in [9.17, 15) is 4.79 Å². The molecule has 2 rings (SSSR count). The second-order valence-corrected chi connectivity index (χ2v) is 6.24. The number of thiophene rings is 1. The van der Waals surface area contributed by atoms with Crippen molar-refractivity contribution >= 4 is 34.7 Å². The predicted octanol–water partition coefficient (Wildman–Crippen LogP) is 3.77. The summed E-state index contributed by atoms with van der Waals surface area (Å²) in [5, 5.41) is 6.10. The van der Waals surface area contributed by atoms with Crippen LogP contribution in [-0.4, -0.2) is 17.4 Å². The molecule has 1 aromatic heterocycles. The Morgan fingerprint density at radius 3 is 2.75 bits per heavy atom. The number of benzene rings is 1. The lowest BCUT2D eigenvalue weighted by Crippen LogP contribution is -2.19. The third kappa shape index (κ3) is 4.83. The summed E-state index contributed by atoms with van der Waals surface area (Å²) in [5.41, 5.74) is 3.44. The number of hydrogen-bond acceptors (Lipinski definition) is 4. The third-order valence-electron chi connectivity index (χ3n) is 2.57. The average Bonchev–Trinajstić information content (AvgIpc) is 3.00. The summed E-state index contributed by atoms with van der Waals surface area (Å²) in [4.78, 5) is 13.9. The molecule has 1 amide bonds. The summed E-state index contributed by atoms with van der Waals surface area (Å²) in [6, 6.07) is 14.0.